The molecule has 1 atom stereocenters. The van der Waals surface area contributed by atoms with Crippen LogP contribution in [0.15, 0.2) is 12.4 Å². The number of aromatic nitrogens is 3. The van der Waals surface area contributed by atoms with Crippen molar-refractivity contribution < 1.29 is 14.4 Å². The predicted octanol–water partition coefficient (Wildman–Crippen LogP) is 2.54. The summed E-state index contributed by atoms with van der Waals surface area (Å²) in [5.41, 5.74) is 2.38. The van der Waals surface area contributed by atoms with Gasteiger partial charge in [0.1, 0.15) is 11.6 Å². The van der Waals surface area contributed by atoms with Crippen molar-refractivity contribution in [2.24, 2.45) is 5.92 Å². The fraction of sp³-hybridized carbons (Fsp3) is 0.625. The first-order valence-corrected chi connectivity index (χ1v) is 12.1. The van der Waals surface area contributed by atoms with Crippen LogP contribution in [0.25, 0.3) is 11.2 Å². The van der Waals surface area contributed by atoms with Gasteiger partial charge in [-0.15, -0.1) is 0 Å². The van der Waals surface area contributed by atoms with Crippen LogP contribution in [-0.4, -0.2) is 51.3 Å². The largest absolute Gasteiger partial charge is 0.354 e. The molecular formula is C24H34N6O3. The SMILES string of the molecule is CC(C)C[C@@H](NC(=O)c1c[nH]c2ncc(C3CC3)nc12)C(=O)NCCC(=O)NC1CCCC1. The fourth-order valence-electron chi connectivity index (χ4n) is 4.39. The van der Waals surface area contributed by atoms with Gasteiger partial charge < -0.3 is 20.9 Å². The van der Waals surface area contributed by atoms with Gasteiger partial charge in [-0.3, -0.25) is 14.4 Å². The van der Waals surface area contributed by atoms with E-state index >= 15 is 0 Å². The molecule has 2 aliphatic carbocycles. The molecule has 2 aromatic rings. The minimum absolute atomic E-state index is 0.0459. The molecule has 2 aliphatic rings. The predicted molar refractivity (Wildman–Crippen MR) is 125 cm³/mol. The molecule has 2 heterocycles. The highest BCUT2D eigenvalue weighted by molar-refractivity contribution is 6.05. The third-order valence-electron chi connectivity index (χ3n) is 6.34. The molecule has 0 bridgehead atoms. The second-order valence-electron chi connectivity index (χ2n) is 9.71. The van der Waals surface area contributed by atoms with E-state index in [-0.39, 0.29) is 42.6 Å². The molecule has 9 heteroatoms. The molecule has 0 saturated heterocycles. The van der Waals surface area contributed by atoms with Crippen molar-refractivity contribution in [3.05, 3.63) is 23.7 Å². The topological polar surface area (TPSA) is 129 Å². The van der Waals surface area contributed by atoms with Crippen LogP contribution in [-0.2, 0) is 9.59 Å². The number of nitrogens with zero attached hydrogens (tertiary/aromatic N) is 2. The molecule has 9 nitrogen and oxygen atoms in total. The molecule has 0 unspecified atom stereocenters. The quantitative estimate of drug-likeness (QED) is 0.438. The molecule has 4 rings (SSSR count). The Balaban J connectivity index is 1.35. The molecule has 178 valence electrons. The van der Waals surface area contributed by atoms with Crippen LogP contribution in [0.4, 0.5) is 0 Å². The van der Waals surface area contributed by atoms with E-state index in [1.807, 2.05) is 13.8 Å². The summed E-state index contributed by atoms with van der Waals surface area (Å²) in [4.78, 5) is 50.0. The zero-order chi connectivity index (χ0) is 23.4. The van der Waals surface area contributed by atoms with Gasteiger partial charge in [-0.1, -0.05) is 26.7 Å². The van der Waals surface area contributed by atoms with Crippen LogP contribution < -0.4 is 16.0 Å². The molecule has 2 aromatic heterocycles. The number of aromatic amines is 1. The molecule has 0 aliphatic heterocycles. The molecule has 33 heavy (non-hydrogen) atoms. The number of carbonyl (C=O) groups excluding carboxylic acids is 3. The third-order valence-corrected chi connectivity index (χ3v) is 6.34. The van der Waals surface area contributed by atoms with Crippen LogP contribution >= 0.6 is 0 Å². The summed E-state index contributed by atoms with van der Waals surface area (Å²) in [5, 5.41) is 8.70. The van der Waals surface area contributed by atoms with Crippen molar-refractivity contribution in [3.63, 3.8) is 0 Å². The molecule has 2 fully saturated rings. The number of carbonyl (C=O) groups is 3. The number of amides is 3. The Hall–Kier alpha value is -2.97. The van der Waals surface area contributed by atoms with E-state index in [1.165, 1.54) is 0 Å². The van der Waals surface area contributed by atoms with E-state index in [0.717, 1.165) is 44.2 Å². The highest BCUT2D eigenvalue weighted by Crippen LogP contribution is 2.39. The summed E-state index contributed by atoms with van der Waals surface area (Å²) in [6.07, 6.45) is 10.6. The Morgan fingerprint density at radius 3 is 2.61 bits per heavy atom. The first-order chi connectivity index (χ1) is 15.9. The Labute approximate surface area is 193 Å². The average Bonchev–Trinajstić information content (AvgIpc) is 3.34. The van der Waals surface area contributed by atoms with Crippen molar-refractivity contribution in [1.29, 1.82) is 0 Å². The van der Waals surface area contributed by atoms with Gasteiger partial charge in [0.25, 0.3) is 5.91 Å². The van der Waals surface area contributed by atoms with Crippen molar-refractivity contribution >= 4 is 28.9 Å². The first kappa shape index (κ1) is 23.2. The maximum Gasteiger partial charge on any atom is 0.255 e. The number of hydrogen-bond donors (Lipinski definition) is 4. The van der Waals surface area contributed by atoms with Gasteiger partial charge >= 0.3 is 0 Å². The van der Waals surface area contributed by atoms with E-state index in [1.54, 1.807) is 12.4 Å². The second-order valence-corrected chi connectivity index (χ2v) is 9.71. The molecule has 0 aromatic carbocycles. The van der Waals surface area contributed by atoms with Gasteiger partial charge in [0.15, 0.2) is 5.65 Å². The van der Waals surface area contributed by atoms with Crippen LogP contribution in [0.1, 0.15) is 87.2 Å². The lowest BCUT2D eigenvalue weighted by atomic mass is 10.0. The van der Waals surface area contributed by atoms with E-state index in [9.17, 15) is 14.4 Å². The highest BCUT2D eigenvalue weighted by atomic mass is 16.2. The third kappa shape index (κ3) is 6.09. The number of hydrogen-bond acceptors (Lipinski definition) is 5. The summed E-state index contributed by atoms with van der Waals surface area (Å²) in [7, 11) is 0. The zero-order valence-electron chi connectivity index (χ0n) is 19.4. The van der Waals surface area contributed by atoms with Gasteiger partial charge in [-0.2, -0.15) is 0 Å². The Bertz CT molecular complexity index is 1010. The summed E-state index contributed by atoms with van der Waals surface area (Å²) in [6.45, 7) is 4.24. The van der Waals surface area contributed by atoms with Crippen LogP contribution in [0, 0.1) is 5.92 Å². The van der Waals surface area contributed by atoms with E-state index in [0.29, 0.717) is 29.1 Å². The van der Waals surface area contributed by atoms with Crippen LogP contribution in [0.3, 0.4) is 0 Å². The lowest BCUT2D eigenvalue weighted by Crippen LogP contribution is -2.48. The smallest absolute Gasteiger partial charge is 0.255 e. The Morgan fingerprint density at radius 1 is 1.15 bits per heavy atom. The summed E-state index contributed by atoms with van der Waals surface area (Å²) >= 11 is 0. The van der Waals surface area contributed by atoms with Crippen molar-refractivity contribution in [2.45, 2.75) is 83.2 Å². The standard InChI is InChI=1S/C24H34N6O3/c1-14(2)11-18(24(33)25-10-9-20(31)28-16-5-3-4-6-16)30-23(32)17-12-26-22-21(17)29-19(13-27-22)15-7-8-15/h12-16,18H,3-11H2,1-2H3,(H,25,33)(H,26,27)(H,28,31)(H,30,32)/t18-/m1/s1. The van der Waals surface area contributed by atoms with Gasteiger partial charge in [-0.05, 0) is 38.0 Å². The lowest BCUT2D eigenvalue weighted by Gasteiger charge is -2.20. The Morgan fingerprint density at radius 2 is 1.91 bits per heavy atom. The number of rotatable bonds is 10. The van der Waals surface area contributed by atoms with Crippen molar-refractivity contribution in [2.75, 3.05) is 6.54 Å². The van der Waals surface area contributed by atoms with E-state index in [4.69, 9.17) is 0 Å². The van der Waals surface area contributed by atoms with Gasteiger partial charge in [0.2, 0.25) is 11.8 Å². The normalized spacial score (nSPS) is 17.3. The van der Waals surface area contributed by atoms with Crippen LogP contribution in [0.5, 0.6) is 0 Å². The van der Waals surface area contributed by atoms with Gasteiger partial charge in [0.05, 0.1) is 17.5 Å². The van der Waals surface area contributed by atoms with Gasteiger partial charge in [-0.25, -0.2) is 9.97 Å². The van der Waals surface area contributed by atoms with Crippen molar-refractivity contribution in [3.8, 4) is 0 Å². The molecule has 2 saturated carbocycles. The maximum absolute atomic E-state index is 13.0. The molecular weight excluding hydrogens is 420 g/mol. The minimum Gasteiger partial charge on any atom is -0.354 e. The second kappa shape index (κ2) is 10.3. The molecule has 4 N–H and O–H groups in total. The molecule has 0 spiro atoms. The average molecular weight is 455 g/mol. The lowest BCUT2D eigenvalue weighted by molar-refractivity contribution is -0.124. The summed E-state index contributed by atoms with van der Waals surface area (Å²) in [6, 6.07) is -0.430. The molecule has 3 amide bonds. The summed E-state index contributed by atoms with van der Waals surface area (Å²) in [5.74, 6) is -0.0527. The van der Waals surface area contributed by atoms with Gasteiger partial charge in [0, 0.05) is 31.1 Å². The van der Waals surface area contributed by atoms with Crippen molar-refractivity contribution in [1.82, 2.24) is 30.9 Å². The summed E-state index contributed by atoms with van der Waals surface area (Å²) < 4.78 is 0. The maximum atomic E-state index is 13.0. The first-order valence-electron chi connectivity index (χ1n) is 12.1. The van der Waals surface area contributed by atoms with E-state index < -0.39 is 6.04 Å². The zero-order valence-corrected chi connectivity index (χ0v) is 19.4. The number of nitrogens with one attached hydrogen (secondary N) is 4. The molecule has 0 radical (unpaired) electrons. The highest BCUT2D eigenvalue weighted by Gasteiger charge is 2.28. The number of fused-ring (bicyclic) bond motifs is 1. The van der Waals surface area contributed by atoms with Crippen LogP contribution in [0.2, 0.25) is 0 Å². The fourth-order valence-corrected chi connectivity index (χ4v) is 4.39. The van der Waals surface area contributed by atoms with E-state index in [2.05, 4.69) is 30.9 Å². The minimum atomic E-state index is -0.695. The Kier molecular flexibility index (Phi) is 7.25. The monoisotopic (exact) mass is 454 g/mol. The number of H-pyrrole nitrogens is 1.